The fraction of sp³-hybridized carbons (Fsp3) is 0.438. The van der Waals surface area contributed by atoms with Crippen LogP contribution in [0, 0.1) is 13.8 Å². The second kappa shape index (κ2) is 5.12. The number of aromatic amines is 1. The summed E-state index contributed by atoms with van der Waals surface area (Å²) in [4.78, 5) is 17.7. The second-order valence-corrected chi connectivity index (χ2v) is 8.38. The van der Waals surface area contributed by atoms with Gasteiger partial charge in [0.25, 0.3) is 5.91 Å². The van der Waals surface area contributed by atoms with E-state index in [-0.39, 0.29) is 23.5 Å². The average molecular weight is 320 g/mol. The summed E-state index contributed by atoms with van der Waals surface area (Å²) in [5.41, 5.74) is 3.52. The van der Waals surface area contributed by atoms with Gasteiger partial charge in [0.15, 0.2) is 9.84 Å². The molecule has 3 rings (SSSR count). The number of nitrogens with one attached hydrogen (secondary N) is 1. The summed E-state index contributed by atoms with van der Waals surface area (Å²) in [5.74, 6) is 0.117. The number of amides is 1. The molecule has 0 saturated carbocycles. The Kier molecular flexibility index (Phi) is 3.51. The van der Waals surface area contributed by atoms with Gasteiger partial charge in [-0.05, 0) is 31.9 Å². The molecule has 5 nitrogen and oxygen atoms in total. The smallest absolute Gasteiger partial charge is 0.256 e. The Morgan fingerprint density at radius 1 is 1.32 bits per heavy atom. The number of hydrogen-bond donors (Lipinski definition) is 1. The number of aromatic nitrogens is 1. The lowest BCUT2D eigenvalue weighted by Crippen LogP contribution is -2.38. The maximum absolute atomic E-state index is 12.8. The third kappa shape index (κ3) is 2.52. The average Bonchev–Trinajstić information content (AvgIpc) is 2.95. The van der Waals surface area contributed by atoms with Gasteiger partial charge in [0, 0.05) is 29.7 Å². The Labute approximate surface area is 130 Å². The molecule has 1 N–H and O–H groups in total. The van der Waals surface area contributed by atoms with Crippen LogP contribution in [0.5, 0.6) is 0 Å². The normalized spacial score (nSPS) is 20.4. The van der Waals surface area contributed by atoms with Crippen molar-refractivity contribution in [3.05, 3.63) is 35.0 Å². The van der Waals surface area contributed by atoms with Crippen molar-refractivity contribution < 1.29 is 13.2 Å². The minimum Gasteiger partial charge on any atom is -0.358 e. The van der Waals surface area contributed by atoms with E-state index in [2.05, 4.69) is 4.98 Å². The van der Waals surface area contributed by atoms with E-state index in [4.69, 9.17) is 0 Å². The maximum atomic E-state index is 12.8. The minimum absolute atomic E-state index is 0.0652. The molecule has 1 aliphatic rings. The van der Waals surface area contributed by atoms with Gasteiger partial charge in [-0.3, -0.25) is 4.79 Å². The number of nitrogens with zero attached hydrogens (tertiary/aromatic N) is 1. The van der Waals surface area contributed by atoms with Gasteiger partial charge >= 0.3 is 0 Å². The molecule has 0 radical (unpaired) electrons. The zero-order valence-electron chi connectivity index (χ0n) is 13.0. The Bertz CT molecular complexity index is 852. The highest BCUT2D eigenvalue weighted by atomic mass is 32.2. The van der Waals surface area contributed by atoms with Crippen LogP contribution in [0.4, 0.5) is 0 Å². The van der Waals surface area contributed by atoms with Crippen molar-refractivity contribution in [3.63, 3.8) is 0 Å². The first-order chi connectivity index (χ1) is 10.3. The first-order valence-electron chi connectivity index (χ1n) is 7.35. The van der Waals surface area contributed by atoms with Crippen LogP contribution >= 0.6 is 0 Å². The number of hydrogen-bond acceptors (Lipinski definition) is 3. The van der Waals surface area contributed by atoms with E-state index < -0.39 is 9.84 Å². The fourth-order valence-electron chi connectivity index (χ4n) is 3.14. The van der Waals surface area contributed by atoms with Gasteiger partial charge in [-0.15, -0.1) is 0 Å². The Morgan fingerprint density at radius 3 is 2.68 bits per heavy atom. The van der Waals surface area contributed by atoms with Gasteiger partial charge < -0.3 is 9.88 Å². The van der Waals surface area contributed by atoms with Crippen molar-refractivity contribution in [1.29, 1.82) is 0 Å². The van der Waals surface area contributed by atoms with Crippen molar-refractivity contribution in [2.75, 3.05) is 18.6 Å². The molecule has 2 aromatic rings. The fourth-order valence-corrected chi connectivity index (χ4v) is 4.92. The van der Waals surface area contributed by atoms with Crippen LogP contribution < -0.4 is 0 Å². The topological polar surface area (TPSA) is 70.2 Å². The zero-order valence-corrected chi connectivity index (χ0v) is 13.8. The van der Waals surface area contributed by atoms with E-state index in [1.54, 1.807) is 11.9 Å². The summed E-state index contributed by atoms with van der Waals surface area (Å²) in [6.45, 7) is 3.88. The van der Waals surface area contributed by atoms with Crippen LogP contribution in [0.3, 0.4) is 0 Å². The van der Waals surface area contributed by atoms with Gasteiger partial charge in [0.2, 0.25) is 0 Å². The van der Waals surface area contributed by atoms with Crippen LogP contribution in [-0.4, -0.2) is 48.8 Å². The number of carbonyl (C=O) groups is 1. The van der Waals surface area contributed by atoms with Gasteiger partial charge in [0.1, 0.15) is 0 Å². The predicted octanol–water partition coefficient (Wildman–Crippen LogP) is 2.04. The van der Waals surface area contributed by atoms with E-state index in [0.717, 1.165) is 22.2 Å². The predicted molar refractivity (Wildman–Crippen MR) is 86.9 cm³/mol. The third-order valence-corrected chi connectivity index (χ3v) is 6.18. The van der Waals surface area contributed by atoms with Gasteiger partial charge in [-0.25, -0.2) is 8.42 Å². The summed E-state index contributed by atoms with van der Waals surface area (Å²) < 4.78 is 23.3. The first kappa shape index (κ1) is 15.1. The lowest BCUT2D eigenvalue weighted by Gasteiger charge is -2.23. The van der Waals surface area contributed by atoms with E-state index in [1.807, 2.05) is 32.0 Å². The highest BCUT2D eigenvalue weighted by molar-refractivity contribution is 7.91. The highest BCUT2D eigenvalue weighted by Crippen LogP contribution is 2.26. The van der Waals surface area contributed by atoms with Crippen LogP contribution in [0.2, 0.25) is 0 Å². The standard InChI is InChI=1S/C16H20N2O3S/c1-10-4-5-13-14(8-10)17-11(2)15(13)16(19)18(3)12-6-7-22(20,21)9-12/h4-5,8,12,17H,6-7,9H2,1-3H3. The summed E-state index contributed by atoms with van der Waals surface area (Å²) in [6.07, 6.45) is 0.519. The number of sulfone groups is 1. The lowest BCUT2D eigenvalue weighted by atomic mass is 10.1. The number of H-pyrrole nitrogens is 1. The Morgan fingerprint density at radius 2 is 2.05 bits per heavy atom. The van der Waals surface area contributed by atoms with Crippen LogP contribution in [0.15, 0.2) is 18.2 Å². The SMILES string of the molecule is Cc1ccc2c(C(=O)N(C)C3CCS(=O)(=O)C3)c(C)[nH]c2c1. The summed E-state index contributed by atoms with van der Waals surface area (Å²) in [7, 11) is -1.31. The van der Waals surface area contributed by atoms with Crippen molar-refractivity contribution in [2.24, 2.45) is 0 Å². The largest absolute Gasteiger partial charge is 0.358 e. The van der Waals surface area contributed by atoms with Gasteiger partial charge in [-0.2, -0.15) is 0 Å². The zero-order chi connectivity index (χ0) is 16.1. The minimum atomic E-state index is -3.00. The van der Waals surface area contributed by atoms with Crippen LogP contribution in [0.25, 0.3) is 10.9 Å². The van der Waals surface area contributed by atoms with Crippen molar-refractivity contribution in [3.8, 4) is 0 Å². The molecule has 118 valence electrons. The van der Waals surface area contributed by atoms with Crippen molar-refractivity contribution in [2.45, 2.75) is 26.3 Å². The van der Waals surface area contributed by atoms with Gasteiger partial charge in [0.05, 0.1) is 17.1 Å². The van der Waals surface area contributed by atoms with Crippen molar-refractivity contribution >= 4 is 26.6 Å². The Hall–Kier alpha value is -1.82. The first-order valence-corrected chi connectivity index (χ1v) is 9.17. The maximum Gasteiger partial charge on any atom is 0.256 e. The molecule has 22 heavy (non-hydrogen) atoms. The lowest BCUT2D eigenvalue weighted by molar-refractivity contribution is 0.0749. The van der Waals surface area contributed by atoms with Gasteiger partial charge in [-0.1, -0.05) is 12.1 Å². The van der Waals surface area contributed by atoms with E-state index in [9.17, 15) is 13.2 Å². The van der Waals surface area contributed by atoms with Crippen LogP contribution in [0.1, 0.15) is 28.0 Å². The third-order valence-electron chi connectivity index (χ3n) is 4.43. The molecule has 1 aromatic heterocycles. The summed E-state index contributed by atoms with van der Waals surface area (Å²) in [6, 6.07) is 5.71. The van der Waals surface area contributed by atoms with E-state index in [1.165, 1.54) is 0 Å². The van der Waals surface area contributed by atoms with E-state index >= 15 is 0 Å². The molecular weight excluding hydrogens is 300 g/mol. The quantitative estimate of drug-likeness (QED) is 0.920. The molecule has 1 atom stereocenters. The second-order valence-electron chi connectivity index (χ2n) is 6.15. The summed E-state index contributed by atoms with van der Waals surface area (Å²) >= 11 is 0. The molecule has 1 unspecified atom stereocenters. The number of aryl methyl sites for hydroxylation is 2. The number of benzene rings is 1. The Balaban J connectivity index is 1.97. The number of fused-ring (bicyclic) bond motifs is 1. The molecule has 0 aliphatic carbocycles. The molecule has 1 fully saturated rings. The molecular formula is C16H20N2O3S. The molecule has 2 heterocycles. The molecule has 6 heteroatoms. The monoisotopic (exact) mass is 320 g/mol. The molecule has 1 amide bonds. The summed E-state index contributed by atoms with van der Waals surface area (Å²) in [5, 5.41) is 0.890. The number of carbonyl (C=O) groups excluding carboxylic acids is 1. The van der Waals surface area contributed by atoms with E-state index in [0.29, 0.717) is 12.0 Å². The molecule has 1 aromatic carbocycles. The van der Waals surface area contributed by atoms with Crippen molar-refractivity contribution in [1.82, 2.24) is 9.88 Å². The molecule has 0 spiro atoms. The molecule has 0 bridgehead atoms. The molecule has 1 aliphatic heterocycles. The number of rotatable bonds is 2. The molecule has 1 saturated heterocycles. The highest BCUT2D eigenvalue weighted by Gasteiger charge is 2.34. The van der Waals surface area contributed by atoms with Crippen LogP contribution in [-0.2, 0) is 9.84 Å².